The molecule has 0 amide bonds. The van der Waals surface area contributed by atoms with Gasteiger partial charge < -0.3 is 4.74 Å². The summed E-state index contributed by atoms with van der Waals surface area (Å²) in [6.45, 7) is 0.392. The molecule has 0 atom stereocenters. The molecule has 0 radical (unpaired) electrons. The van der Waals surface area contributed by atoms with E-state index in [-0.39, 0.29) is 0 Å². The van der Waals surface area contributed by atoms with Crippen LogP contribution in [0.15, 0.2) is 54.6 Å². The van der Waals surface area contributed by atoms with E-state index >= 15 is 0 Å². The first-order valence-corrected chi connectivity index (χ1v) is 6.90. The summed E-state index contributed by atoms with van der Waals surface area (Å²) < 4.78 is 5.67. The summed E-state index contributed by atoms with van der Waals surface area (Å²) in [7, 11) is 0. The zero-order chi connectivity index (χ0) is 13.9. The van der Waals surface area contributed by atoms with Gasteiger partial charge >= 0.3 is 0 Å². The molecule has 0 aliphatic heterocycles. The lowest BCUT2D eigenvalue weighted by molar-refractivity contribution is 0.302. The maximum atomic E-state index is 5.95. The number of benzene rings is 2. The van der Waals surface area contributed by atoms with E-state index in [2.05, 4.69) is 4.98 Å². The van der Waals surface area contributed by atoms with Gasteiger partial charge in [0.05, 0.1) is 21.3 Å². The highest BCUT2D eigenvalue weighted by Gasteiger charge is 2.02. The molecule has 0 aliphatic carbocycles. The van der Waals surface area contributed by atoms with Crippen LogP contribution in [0.5, 0.6) is 5.75 Å². The maximum absolute atomic E-state index is 5.95. The Morgan fingerprint density at radius 3 is 2.60 bits per heavy atom. The lowest BCUT2D eigenvalue weighted by Gasteiger charge is -2.07. The lowest BCUT2D eigenvalue weighted by atomic mass is 10.2. The maximum Gasteiger partial charge on any atom is 0.130 e. The topological polar surface area (TPSA) is 22.1 Å². The summed E-state index contributed by atoms with van der Waals surface area (Å²) in [6.07, 6.45) is 0. The molecule has 0 bridgehead atoms. The fourth-order valence-electron chi connectivity index (χ4n) is 1.91. The number of para-hydroxylation sites is 1. The summed E-state index contributed by atoms with van der Waals surface area (Å²) in [5.74, 6) is 0.675. The third-order valence-corrected chi connectivity index (χ3v) is 3.67. The fraction of sp³-hybridized carbons (Fsp3) is 0.0625. The number of halogens is 2. The molecule has 3 rings (SSSR count). The summed E-state index contributed by atoms with van der Waals surface area (Å²) in [5, 5.41) is 2.12. The van der Waals surface area contributed by atoms with Crippen LogP contribution in [0.1, 0.15) is 5.69 Å². The van der Waals surface area contributed by atoms with Crippen LogP contribution in [0.4, 0.5) is 0 Å². The van der Waals surface area contributed by atoms with Gasteiger partial charge in [-0.3, -0.25) is 0 Å². The van der Waals surface area contributed by atoms with Crippen molar-refractivity contribution in [2.75, 3.05) is 0 Å². The molecule has 1 aromatic heterocycles. The fourth-order valence-corrected chi connectivity index (χ4v) is 2.20. The molecule has 100 valence electrons. The number of nitrogens with zero attached hydrogens (tertiary/aromatic N) is 1. The van der Waals surface area contributed by atoms with Crippen molar-refractivity contribution in [2.45, 2.75) is 6.61 Å². The Bertz CT molecular complexity index is 758. The number of aromatic nitrogens is 1. The highest BCUT2D eigenvalue weighted by atomic mass is 35.5. The van der Waals surface area contributed by atoms with E-state index in [0.29, 0.717) is 22.4 Å². The van der Waals surface area contributed by atoms with Crippen LogP contribution < -0.4 is 4.74 Å². The van der Waals surface area contributed by atoms with Gasteiger partial charge in [0.25, 0.3) is 0 Å². The van der Waals surface area contributed by atoms with E-state index in [4.69, 9.17) is 27.9 Å². The van der Waals surface area contributed by atoms with E-state index in [1.54, 1.807) is 18.2 Å². The van der Waals surface area contributed by atoms with Gasteiger partial charge in [-0.05, 0) is 24.3 Å². The molecular weight excluding hydrogens is 293 g/mol. The van der Waals surface area contributed by atoms with E-state index < -0.39 is 0 Å². The minimum Gasteiger partial charge on any atom is -0.487 e. The number of ether oxygens (including phenoxy) is 1. The average molecular weight is 304 g/mol. The van der Waals surface area contributed by atoms with Crippen LogP contribution in [0, 0.1) is 0 Å². The standard InChI is InChI=1S/C16H11Cl2NO/c17-14-8-7-13(9-15(14)18)20-10-12-6-5-11-3-1-2-4-16(11)19-12/h1-9H,10H2. The van der Waals surface area contributed by atoms with Gasteiger partial charge in [-0.1, -0.05) is 47.5 Å². The molecule has 0 spiro atoms. The molecule has 2 nitrogen and oxygen atoms in total. The molecule has 0 aliphatic rings. The van der Waals surface area contributed by atoms with E-state index in [1.165, 1.54) is 0 Å². The molecule has 0 fully saturated rings. The van der Waals surface area contributed by atoms with Crippen LogP contribution >= 0.6 is 23.2 Å². The Morgan fingerprint density at radius 1 is 0.900 bits per heavy atom. The molecule has 0 unspecified atom stereocenters. The minimum absolute atomic E-state index is 0.392. The number of hydrogen-bond acceptors (Lipinski definition) is 2. The van der Waals surface area contributed by atoms with Crippen LogP contribution in [0.3, 0.4) is 0 Å². The second kappa shape index (κ2) is 5.70. The minimum atomic E-state index is 0.392. The monoisotopic (exact) mass is 303 g/mol. The van der Waals surface area contributed by atoms with Gasteiger partial charge in [-0.15, -0.1) is 0 Å². The van der Waals surface area contributed by atoms with Crippen molar-refractivity contribution in [2.24, 2.45) is 0 Å². The molecule has 0 N–H and O–H groups in total. The van der Waals surface area contributed by atoms with Crippen molar-refractivity contribution in [1.29, 1.82) is 0 Å². The molecular formula is C16H11Cl2NO. The Morgan fingerprint density at radius 2 is 1.75 bits per heavy atom. The second-order valence-electron chi connectivity index (χ2n) is 4.36. The van der Waals surface area contributed by atoms with Gasteiger partial charge in [0.15, 0.2) is 0 Å². The highest BCUT2D eigenvalue weighted by Crippen LogP contribution is 2.26. The van der Waals surface area contributed by atoms with Crippen LogP contribution in [0.2, 0.25) is 10.0 Å². The lowest BCUT2D eigenvalue weighted by Crippen LogP contribution is -1.98. The van der Waals surface area contributed by atoms with Crippen molar-refractivity contribution in [3.63, 3.8) is 0 Å². The summed E-state index contributed by atoms with van der Waals surface area (Å²) in [5.41, 5.74) is 1.83. The van der Waals surface area contributed by atoms with Gasteiger partial charge in [0.2, 0.25) is 0 Å². The van der Waals surface area contributed by atoms with Crippen LogP contribution in [-0.2, 0) is 6.61 Å². The third-order valence-electron chi connectivity index (χ3n) is 2.93. The first kappa shape index (κ1) is 13.2. The van der Waals surface area contributed by atoms with E-state index in [1.807, 2.05) is 36.4 Å². The Kier molecular flexibility index (Phi) is 3.77. The first-order valence-electron chi connectivity index (χ1n) is 6.15. The average Bonchev–Trinajstić information content (AvgIpc) is 2.48. The summed E-state index contributed by atoms with van der Waals surface area (Å²) in [6, 6.07) is 17.2. The quantitative estimate of drug-likeness (QED) is 0.670. The van der Waals surface area contributed by atoms with Gasteiger partial charge in [-0.25, -0.2) is 4.98 Å². The predicted molar refractivity (Wildman–Crippen MR) is 82.5 cm³/mol. The van der Waals surface area contributed by atoms with Gasteiger partial charge in [-0.2, -0.15) is 0 Å². The van der Waals surface area contributed by atoms with Crippen molar-refractivity contribution in [1.82, 2.24) is 4.98 Å². The molecule has 4 heteroatoms. The number of rotatable bonds is 3. The first-order chi connectivity index (χ1) is 9.72. The van der Waals surface area contributed by atoms with E-state index in [0.717, 1.165) is 16.6 Å². The number of hydrogen-bond donors (Lipinski definition) is 0. The molecule has 0 saturated heterocycles. The molecule has 20 heavy (non-hydrogen) atoms. The highest BCUT2D eigenvalue weighted by molar-refractivity contribution is 6.42. The summed E-state index contributed by atoms with van der Waals surface area (Å²) in [4.78, 5) is 4.55. The van der Waals surface area contributed by atoms with Gasteiger partial charge in [0.1, 0.15) is 12.4 Å². The Hall–Kier alpha value is -1.77. The second-order valence-corrected chi connectivity index (χ2v) is 5.17. The van der Waals surface area contributed by atoms with Crippen LogP contribution in [0.25, 0.3) is 10.9 Å². The van der Waals surface area contributed by atoms with E-state index in [9.17, 15) is 0 Å². The van der Waals surface area contributed by atoms with Crippen molar-refractivity contribution < 1.29 is 4.74 Å². The number of pyridine rings is 1. The summed E-state index contributed by atoms with van der Waals surface area (Å²) >= 11 is 11.8. The third kappa shape index (κ3) is 2.87. The zero-order valence-corrected chi connectivity index (χ0v) is 12.0. The normalized spacial score (nSPS) is 10.7. The van der Waals surface area contributed by atoms with Crippen molar-refractivity contribution >= 4 is 34.1 Å². The molecule has 1 heterocycles. The smallest absolute Gasteiger partial charge is 0.130 e. The molecule has 3 aromatic rings. The number of fused-ring (bicyclic) bond motifs is 1. The van der Waals surface area contributed by atoms with Crippen molar-refractivity contribution in [3.05, 3.63) is 70.3 Å². The molecule has 2 aromatic carbocycles. The predicted octanol–water partition coefficient (Wildman–Crippen LogP) is 5.12. The molecule has 0 saturated carbocycles. The van der Waals surface area contributed by atoms with Crippen molar-refractivity contribution in [3.8, 4) is 5.75 Å². The van der Waals surface area contributed by atoms with Crippen LogP contribution in [-0.4, -0.2) is 4.98 Å². The largest absolute Gasteiger partial charge is 0.487 e. The zero-order valence-electron chi connectivity index (χ0n) is 10.5. The SMILES string of the molecule is Clc1ccc(OCc2ccc3ccccc3n2)cc1Cl. The Balaban J connectivity index is 1.77. The Labute approximate surface area is 126 Å². The van der Waals surface area contributed by atoms with Gasteiger partial charge in [0, 0.05) is 11.5 Å².